The molecular weight excluding hydrogens is 271 g/mol. The van der Waals surface area contributed by atoms with E-state index in [0.717, 1.165) is 5.56 Å². The lowest BCUT2D eigenvalue weighted by molar-refractivity contribution is 0.127. The van der Waals surface area contributed by atoms with Crippen LogP contribution in [0.25, 0.3) is 0 Å². The van der Waals surface area contributed by atoms with E-state index < -0.39 is 6.10 Å². The molecule has 0 radical (unpaired) electrons. The van der Waals surface area contributed by atoms with Gasteiger partial charge >= 0.3 is 6.03 Å². The Balaban J connectivity index is 2.46. The zero-order chi connectivity index (χ0) is 16.0. The molecule has 0 spiro atoms. The van der Waals surface area contributed by atoms with Crippen LogP contribution in [0.3, 0.4) is 0 Å². The van der Waals surface area contributed by atoms with Gasteiger partial charge < -0.3 is 15.3 Å². The van der Waals surface area contributed by atoms with Crippen molar-refractivity contribution in [2.24, 2.45) is 5.41 Å². The standard InChI is InChI=1S/C16H25FN2O2/c1-12(20)9-16(2,3)11-18-15(21)19(4)10-13-5-7-14(17)8-6-13/h5-8,12,20H,9-11H2,1-4H3,(H,18,21). The lowest BCUT2D eigenvalue weighted by Gasteiger charge is -2.28. The third-order valence-electron chi connectivity index (χ3n) is 3.25. The monoisotopic (exact) mass is 296 g/mol. The molecule has 1 aromatic carbocycles. The second-order valence-electron chi connectivity index (χ2n) is 6.36. The van der Waals surface area contributed by atoms with E-state index in [-0.39, 0.29) is 17.3 Å². The molecular formula is C16H25FN2O2. The highest BCUT2D eigenvalue weighted by atomic mass is 19.1. The van der Waals surface area contributed by atoms with Gasteiger partial charge in [-0.15, -0.1) is 0 Å². The summed E-state index contributed by atoms with van der Waals surface area (Å²) in [5.41, 5.74) is 0.706. The van der Waals surface area contributed by atoms with Crippen molar-refractivity contribution in [1.82, 2.24) is 10.2 Å². The SMILES string of the molecule is CC(O)CC(C)(C)CNC(=O)N(C)Cc1ccc(F)cc1. The molecule has 0 bridgehead atoms. The van der Waals surface area contributed by atoms with Crippen molar-refractivity contribution in [3.63, 3.8) is 0 Å². The number of carbonyl (C=O) groups excluding carboxylic acids is 1. The van der Waals surface area contributed by atoms with Gasteiger partial charge in [-0.05, 0) is 36.5 Å². The predicted octanol–water partition coefficient (Wildman–Crippen LogP) is 2.76. The van der Waals surface area contributed by atoms with Crippen molar-refractivity contribution in [1.29, 1.82) is 0 Å². The summed E-state index contributed by atoms with van der Waals surface area (Å²) in [5, 5.41) is 12.3. The summed E-state index contributed by atoms with van der Waals surface area (Å²) in [6.07, 6.45) is 0.225. The van der Waals surface area contributed by atoms with Crippen LogP contribution in [0.15, 0.2) is 24.3 Å². The fourth-order valence-corrected chi connectivity index (χ4v) is 2.26. The third kappa shape index (κ3) is 6.58. The fourth-order valence-electron chi connectivity index (χ4n) is 2.26. The fraction of sp³-hybridized carbons (Fsp3) is 0.562. The van der Waals surface area contributed by atoms with Gasteiger partial charge in [-0.1, -0.05) is 26.0 Å². The molecule has 0 heterocycles. The number of urea groups is 1. The Hall–Kier alpha value is -1.62. The molecule has 1 unspecified atom stereocenters. The number of benzene rings is 1. The average molecular weight is 296 g/mol. The summed E-state index contributed by atoms with van der Waals surface area (Å²) >= 11 is 0. The number of aliphatic hydroxyl groups is 1. The summed E-state index contributed by atoms with van der Waals surface area (Å²) < 4.78 is 12.8. The van der Waals surface area contributed by atoms with Crippen LogP contribution >= 0.6 is 0 Å². The van der Waals surface area contributed by atoms with Crippen LogP contribution in [0, 0.1) is 11.2 Å². The molecule has 2 amide bonds. The topological polar surface area (TPSA) is 52.6 Å². The van der Waals surface area contributed by atoms with Crippen LogP contribution < -0.4 is 5.32 Å². The number of aliphatic hydroxyl groups excluding tert-OH is 1. The number of hydrogen-bond acceptors (Lipinski definition) is 2. The Kier molecular flexibility index (Phi) is 6.15. The number of hydrogen-bond donors (Lipinski definition) is 2. The molecule has 0 saturated heterocycles. The molecule has 1 rings (SSSR count). The Morgan fingerprint density at radius 1 is 1.38 bits per heavy atom. The third-order valence-corrected chi connectivity index (χ3v) is 3.25. The van der Waals surface area contributed by atoms with Gasteiger partial charge in [0.1, 0.15) is 5.82 Å². The number of halogens is 1. The van der Waals surface area contributed by atoms with Crippen molar-refractivity contribution in [3.05, 3.63) is 35.6 Å². The smallest absolute Gasteiger partial charge is 0.317 e. The van der Waals surface area contributed by atoms with Crippen LogP contribution in [0.2, 0.25) is 0 Å². The molecule has 0 fully saturated rings. The zero-order valence-corrected chi connectivity index (χ0v) is 13.2. The highest BCUT2D eigenvalue weighted by Crippen LogP contribution is 2.21. The van der Waals surface area contributed by atoms with Gasteiger partial charge in [0.15, 0.2) is 0 Å². The van der Waals surface area contributed by atoms with Crippen LogP contribution in [0.4, 0.5) is 9.18 Å². The number of nitrogens with zero attached hydrogens (tertiary/aromatic N) is 1. The number of rotatable bonds is 6. The molecule has 0 aromatic heterocycles. The van der Waals surface area contributed by atoms with Crippen molar-refractivity contribution in [3.8, 4) is 0 Å². The highest BCUT2D eigenvalue weighted by molar-refractivity contribution is 5.73. The Morgan fingerprint density at radius 2 is 1.95 bits per heavy atom. The Bertz CT molecular complexity index is 458. The number of nitrogens with one attached hydrogen (secondary N) is 1. The lowest BCUT2D eigenvalue weighted by atomic mass is 9.87. The molecule has 0 aliphatic rings. The molecule has 0 aliphatic carbocycles. The molecule has 4 nitrogen and oxygen atoms in total. The van der Waals surface area contributed by atoms with Crippen LogP contribution in [0.5, 0.6) is 0 Å². The predicted molar refractivity (Wildman–Crippen MR) is 81.3 cm³/mol. The van der Waals surface area contributed by atoms with E-state index in [1.165, 1.54) is 12.1 Å². The molecule has 0 saturated carbocycles. The van der Waals surface area contributed by atoms with E-state index in [0.29, 0.717) is 19.5 Å². The van der Waals surface area contributed by atoms with E-state index >= 15 is 0 Å². The van der Waals surface area contributed by atoms with Crippen molar-refractivity contribution in [2.75, 3.05) is 13.6 Å². The van der Waals surface area contributed by atoms with E-state index in [1.54, 1.807) is 31.0 Å². The quantitative estimate of drug-likeness (QED) is 0.848. The van der Waals surface area contributed by atoms with E-state index in [1.807, 2.05) is 13.8 Å². The summed E-state index contributed by atoms with van der Waals surface area (Å²) in [5.74, 6) is -0.286. The summed E-state index contributed by atoms with van der Waals surface area (Å²) in [6, 6.07) is 5.91. The summed E-state index contributed by atoms with van der Waals surface area (Å²) in [4.78, 5) is 13.6. The zero-order valence-electron chi connectivity index (χ0n) is 13.2. The van der Waals surface area contributed by atoms with E-state index in [2.05, 4.69) is 5.32 Å². The molecule has 0 aliphatic heterocycles. The number of amides is 2. The lowest BCUT2D eigenvalue weighted by Crippen LogP contribution is -2.42. The van der Waals surface area contributed by atoms with Gasteiger partial charge in [-0.25, -0.2) is 9.18 Å². The van der Waals surface area contributed by atoms with Crippen molar-refractivity contribution < 1.29 is 14.3 Å². The van der Waals surface area contributed by atoms with E-state index in [9.17, 15) is 14.3 Å². The van der Waals surface area contributed by atoms with Gasteiger partial charge in [0.25, 0.3) is 0 Å². The minimum absolute atomic E-state index is 0.166. The van der Waals surface area contributed by atoms with E-state index in [4.69, 9.17) is 0 Å². The first kappa shape index (κ1) is 17.4. The molecule has 21 heavy (non-hydrogen) atoms. The first-order chi connectivity index (χ1) is 9.69. The molecule has 1 atom stereocenters. The van der Waals surface area contributed by atoms with Crippen LogP contribution in [-0.2, 0) is 6.54 Å². The van der Waals surface area contributed by atoms with Crippen molar-refractivity contribution in [2.45, 2.75) is 39.8 Å². The summed E-state index contributed by atoms with van der Waals surface area (Å²) in [6.45, 7) is 6.65. The molecule has 1 aromatic rings. The summed E-state index contributed by atoms with van der Waals surface area (Å²) in [7, 11) is 1.69. The molecule has 2 N–H and O–H groups in total. The van der Waals surface area contributed by atoms with Gasteiger partial charge in [0.05, 0.1) is 6.10 Å². The van der Waals surface area contributed by atoms with Crippen molar-refractivity contribution >= 4 is 6.03 Å². The maximum atomic E-state index is 12.8. The minimum Gasteiger partial charge on any atom is -0.393 e. The Morgan fingerprint density at radius 3 is 2.48 bits per heavy atom. The second-order valence-corrected chi connectivity index (χ2v) is 6.36. The minimum atomic E-state index is -0.395. The van der Waals surface area contributed by atoms with Crippen LogP contribution in [-0.4, -0.2) is 35.7 Å². The maximum Gasteiger partial charge on any atom is 0.317 e. The average Bonchev–Trinajstić information content (AvgIpc) is 2.37. The van der Waals surface area contributed by atoms with Gasteiger partial charge in [0, 0.05) is 20.1 Å². The Labute approximate surface area is 126 Å². The van der Waals surface area contributed by atoms with Crippen LogP contribution in [0.1, 0.15) is 32.8 Å². The second kappa shape index (κ2) is 7.41. The number of carbonyl (C=O) groups is 1. The first-order valence-corrected chi connectivity index (χ1v) is 7.11. The first-order valence-electron chi connectivity index (χ1n) is 7.11. The molecule has 118 valence electrons. The normalized spacial score (nSPS) is 12.9. The molecule has 5 heteroatoms. The van der Waals surface area contributed by atoms with Gasteiger partial charge in [0.2, 0.25) is 0 Å². The van der Waals surface area contributed by atoms with Gasteiger partial charge in [-0.2, -0.15) is 0 Å². The maximum absolute atomic E-state index is 12.8. The van der Waals surface area contributed by atoms with Gasteiger partial charge in [-0.3, -0.25) is 0 Å². The highest BCUT2D eigenvalue weighted by Gasteiger charge is 2.21. The largest absolute Gasteiger partial charge is 0.393 e.